The number of nitrogens with one attached hydrogen (secondary N) is 1. The Morgan fingerprint density at radius 3 is 2.42 bits per heavy atom. The van der Waals surface area contributed by atoms with Crippen molar-refractivity contribution in [3.63, 3.8) is 0 Å². The number of hydrogen-bond donors (Lipinski definition) is 1. The second-order valence-corrected chi connectivity index (χ2v) is 6.52. The Morgan fingerprint density at radius 1 is 1.00 bits per heavy atom. The van der Waals surface area contributed by atoms with Crippen LogP contribution in [0.25, 0.3) is 0 Å². The third kappa shape index (κ3) is 2.92. The number of fused-ring (bicyclic) bond motifs is 1. The minimum Gasteiger partial charge on any atom is -0.321 e. The summed E-state index contributed by atoms with van der Waals surface area (Å²) >= 11 is 0. The number of benzene rings is 2. The van der Waals surface area contributed by atoms with Crippen molar-refractivity contribution in [1.82, 2.24) is 9.97 Å². The number of aromatic nitrogens is 2. The number of carbonyl (C=O) groups is 1. The first kappa shape index (κ1) is 16.3. The van der Waals surface area contributed by atoms with E-state index >= 15 is 0 Å². The fourth-order valence-electron chi connectivity index (χ4n) is 3.32. The van der Waals surface area contributed by atoms with Crippen molar-refractivity contribution in [2.24, 2.45) is 0 Å². The van der Waals surface area contributed by atoms with Gasteiger partial charge in [-0.1, -0.05) is 36.4 Å². The fourth-order valence-corrected chi connectivity index (χ4v) is 3.32. The van der Waals surface area contributed by atoms with E-state index in [1.54, 1.807) is 12.4 Å². The summed E-state index contributed by atoms with van der Waals surface area (Å²) < 4.78 is 0. The fraction of sp³-hybridized carbons (Fsp3) is 0.190. The molecular formula is C21H20N4O. The van der Waals surface area contributed by atoms with Crippen LogP contribution in [0, 0.1) is 13.8 Å². The highest BCUT2D eigenvalue weighted by molar-refractivity contribution is 6.04. The van der Waals surface area contributed by atoms with Crippen molar-refractivity contribution in [2.75, 3.05) is 16.8 Å². The summed E-state index contributed by atoms with van der Waals surface area (Å²) in [6, 6.07) is 14.2. The SMILES string of the molecule is Cc1cccc(C)c1NC(=O)c1cnc(N2CCc3ccccc32)nc1. The zero-order valence-electron chi connectivity index (χ0n) is 14.9. The summed E-state index contributed by atoms with van der Waals surface area (Å²) in [5.41, 5.74) is 5.79. The maximum Gasteiger partial charge on any atom is 0.258 e. The van der Waals surface area contributed by atoms with Gasteiger partial charge < -0.3 is 10.2 Å². The van der Waals surface area contributed by atoms with Gasteiger partial charge in [-0.05, 0) is 43.0 Å². The average Bonchev–Trinajstić information content (AvgIpc) is 3.09. The number of rotatable bonds is 3. The van der Waals surface area contributed by atoms with E-state index in [2.05, 4.69) is 32.3 Å². The molecule has 1 aromatic heterocycles. The highest BCUT2D eigenvalue weighted by Gasteiger charge is 2.22. The van der Waals surface area contributed by atoms with Gasteiger partial charge >= 0.3 is 0 Å². The van der Waals surface area contributed by atoms with Crippen molar-refractivity contribution in [2.45, 2.75) is 20.3 Å². The summed E-state index contributed by atoms with van der Waals surface area (Å²) in [6.45, 7) is 4.81. The zero-order chi connectivity index (χ0) is 18.1. The molecule has 0 unspecified atom stereocenters. The Hall–Kier alpha value is -3.21. The average molecular weight is 344 g/mol. The molecule has 0 saturated heterocycles. The van der Waals surface area contributed by atoms with Crippen LogP contribution < -0.4 is 10.2 Å². The molecular weight excluding hydrogens is 324 g/mol. The summed E-state index contributed by atoms with van der Waals surface area (Å²) in [5, 5.41) is 2.97. The number of amides is 1. The molecule has 1 amide bonds. The van der Waals surface area contributed by atoms with Gasteiger partial charge in [-0.2, -0.15) is 0 Å². The van der Waals surface area contributed by atoms with Gasteiger partial charge in [-0.15, -0.1) is 0 Å². The van der Waals surface area contributed by atoms with Gasteiger partial charge in [0, 0.05) is 30.3 Å². The molecule has 0 saturated carbocycles. The molecule has 2 aromatic carbocycles. The molecule has 5 nitrogen and oxygen atoms in total. The van der Waals surface area contributed by atoms with Gasteiger partial charge in [0.15, 0.2) is 0 Å². The molecule has 0 spiro atoms. The van der Waals surface area contributed by atoms with E-state index < -0.39 is 0 Å². The summed E-state index contributed by atoms with van der Waals surface area (Å²) in [7, 11) is 0. The summed E-state index contributed by atoms with van der Waals surface area (Å²) in [6.07, 6.45) is 4.16. The second kappa shape index (κ2) is 6.59. The minimum absolute atomic E-state index is 0.198. The standard InChI is InChI=1S/C21H20N4O/c1-14-6-5-7-15(2)19(14)24-20(26)17-12-22-21(23-13-17)25-11-10-16-8-3-4-9-18(16)25/h3-9,12-13H,10-11H2,1-2H3,(H,24,26). The normalized spacial score (nSPS) is 12.8. The van der Waals surface area contributed by atoms with Crippen LogP contribution in [0.3, 0.4) is 0 Å². The molecule has 26 heavy (non-hydrogen) atoms. The highest BCUT2D eigenvalue weighted by atomic mass is 16.1. The lowest BCUT2D eigenvalue weighted by molar-refractivity contribution is 0.102. The Bertz CT molecular complexity index is 946. The minimum atomic E-state index is -0.198. The molecule has 2 heterocycles. The molecule has 0 fully saturated rings. The number of aryl methyl sites for hydroxylation is 2. The topological polar surface area (TPSA) is 58.1 Å². The van der Waals surface area contributed by atoms with Crippen LogP contribution in [0.1, 0.15) is 27.0 Å². The van der Waals surface area contributed by atoms with Crippen LogP contribution in [-0.4, -0.2) is 22.4 Å². The van der Waals surface area contributed by atoms with Crippen LogP contribution in [-0.2, 0) is 6.42 Å². The van der Waals surface area contributed by atoms with Crippen LogP contribution >= 0.6 is 0 Å². The van der Waals surface area contributed by atoms with Gasteiger partial charge in [0.25, 0.3) is 5.91 Å². The van der Waals surface area contributed by atoms with Crippen molar-refractivity contribution < 1.29 is 4.79 Å². The molecule has 4 rings (SSSR count). The lowest BCUT2D eigenvalue weighted by Gasteiger charge is -2.17. The molecule has 0 aliphatic carbocycles. The summed E-state index contributed by atoms with van der Waals surface area (Å²) in [5.74, 6) is 0.425. The van der Waals surface area contributed by atoms with E-state index in [1.165, 1.54) is 5.56 Å². The quantitative estimate of drug-likeness (QED) is 0.779. The van der Waals surface area contributed by atoms with Crippen molar-refractivity contribution in [3.8, 4) is 0 Å². The van der Waals surface area contributed by atoms with Gasteiger partial charge in [0.1, 0.15) is 0 Å². The third-order valence-electron chi connectivity index (χ3n) is 4.75. The van der Waals surface area contributed by atoms with Crippen LogP contribution in [0.2, 0.25) is 0 Å². The molecule has 1 aliphatic heterocycles. The van der Waals surface area contributed by atoms with E-state index in [0.717, 1.165) is 35.5 Å². The molecule has 1 N–H and O–H groups in total. The lowest BCUT2D eigenvalue weighted by atomic mass is 10.1. The first-order valence-corrected chi connectivity index (χ1v) is 8.68. The molecule has 0 radical (unpaired) electrons. The number of nitrogens with zero attached hydrogens (tertiary/aromatic N) is 3. The number of hydrogen-bond acceptors (Lipinski definition) is 4. The first-order valence-electron chi connectivity index (χ1n) is 8.68. The van der Waals surface area contributed by atoms with Gasteiger partial charge in [0.05, 0.1) is 5.56 Å². The molecule has 5 heteroatoms. The van der Waals surface area contributed by atoms with Crippen LogP contribution in [0.15, 0.2) is 54.9 Å². The highest BCUT2D eigenvalue weighted by Crippen LogP contribution is 2.32. The smallest absolute Gasteiger partial charge is 0.258 e. The number of para-hydroxylation sites is 2. The van der Waals surface area contributed by atoms with Gasteiger partial charge in [-0.3, -0.25) is 4.79 Å². The van der Waals surface area contributed by atoms with E-state index in [0.29, 0.717) is 11.5 Å². The third-order valence-corrected chi connectivity index (χ3v) is 4.75. The lowest BCUT2D eigenvalue weighted by Crippen LogP contribution is -2.18. The van der Waals surface area contributed by atoms with Gasteiger partial charge in [0.2, 0.25) is 5.95 Å². The molecule has 0 atom stereocenters. The molecule has 130 valence electrons. The monoisotopic (exact) mass is 344 g/mol. The predicted octanol–water partition coefficient (Wildman–Crippen LogP) is 4.04. The second-order valence-electron chi connectivity index (χ2n) is 6.52. The maximum atomic E-state index is 12.5. The number of carbonyl (C=O) groups excluding carboxylic acids is 1. The van der Waals surface area contributed by atoms with Crippen LogP contribution in [0.4, 0.5) is 17.3 Å². The van der Waals surface area contributed by atoms with Crippen molar-refractivity contribution in [1.29, 1.82) is 0 Å². The Kier molecular flexibility index (Phi) is 4.13. The Balaban J connectivity index is 1.54. The molecule has 0 bridgehead atoms. The van der Waals surface area contributed by atoms with Crippen LogP contribution in [0.5, 0.6) is 0 Å². The predicted molar refractivity (Wildman–Crippen MR) is 103 cm³/mol. The van der Waals surface area contributed by atoms with Crippen molar-refractivity contribution >= 4 is 23.2 Å². The largest absolute Gasteiger partial charge is 0.321 e. The first-order chi connectivity index (χ1) is 12.6. The number of anilines is 3. The van der Waals surface area contributed by atoms with E-state index in [4.69, 9.17) is 0 Å². The Labute approximate surface area is 152 Å². The maximum absolute atomic E-state index is 12.5. The Morgan fingerprint density at radius 2 is 1.69 bits per heavy atom. The molecule has 1 aliphatic rings. The zero-order valence-corrected chi connectivity index (χ0v) is 14.9. The molecule has 3 aromatic rings. The van der Waals surface area contributed by atoms with Gasteiger partial charge in [-0.25, -0.2) is 9.97 Å². The van der Waals surface area contributed by atoms with Crippen molar-refractivity contribution in [3.05, 3.63) is 77.1 Å². The van der Waals surface area contributed by atoms with E-state index in [-0.39, 0.29) is 5.91 Å². The van der Waals surface area contributed by atoms with E-state index in [9.17, 15) is 4.79 Å². The van der Waals surface area contributed by atoms with E-state index in [1.807, 2.05) is 44.2 Å². The summed E-state index contributed by atoms with van der Waals surface area (Å²) in [4.78, 5) is 23.5.